The largest absolute Gasteiger partial charge is 0.306 e. The number of rotatable bonds is 2. The summed E-state index contributed by atoms with van der Waals surface area (Å²) in [6, 6.07) is 7.25. The van der Waals surface area contributed by atoms with E-state index in [4.69, 9.17) is 11.6 Å². The molecule has 0 radical (unpaired) electrons. The second kappa shape index (κ2) is 5.24. The van der Waals surface area contributed by atoms with Gasteiger partial charge in [-0.3, -0.25) is 4.79 Å². The van der Waals surface area contributed by atoms with Crippen LogP contribution in [0, 0.1) is 0 Å². The van der Waals surface area contributed by atoms with Crippen molar-refractivity contribution in [3.63, 3.8) is 0 Å². The third kappa shape index (κ3) is 2.65. The van der Waals surface area contributed by atoms with Crippen molar-refractivity contribution in [1.29, 1.82) is 0 Å². The fraction of sp³-hybridized carbons (Fsp3) is 0.231. The summed E-state index contributed by atoms with van der Waals surface area (Å²) in [7, 11) is 0. The molecule has 1 N–H and O–H groups in total. The average Bonchev–Trinajstić information content (AvgIpc) is 2.32. The van der Waals surface area contributed by atoms with Crippen LogP contribution in [0.15, 0.2) is 33.5 Å². The van der Waals surface area contributed by atoms with Crippen LogP contribution in [-0.4, -0.2) is 9.97 Å². The van der Waals surface area contributed by atoms with E-state index in [0.717, 1.165) is 11.3 Å². The molecule has 1 aromatic heterocycles. The lowest BCUT2D eigenvalue weighted by atomic mass is 10.1. The minimum atomic E-state index is -0.177. The summed E-state index contributed by atoms with van der Waals surface area (Å²) < 4.78 is 0.489. The van der Waals surface area contributed by atoms with E-state index >= 15 is 0 Å². The maximum absolute atomic E-state index is 11.8. The number of halogens is 2. The predicted molar refractivity (Wildman–Crippen MR) is 77.1 cm³/mol. The molecule has 0 aliphatic heterocycles. The molecule has 1 aromatic carbocycles. The first-order chi connectivity index (χ1) is 8.49. The number of H-pyrrole nitrogens is 1. The van der Waals surface area contributed by atoms with Crippen LogP contribution < -0.4 is 5.56 Å². The highest BCUT2D eigenvalue weighted by molar-refractivity contribution is 9.10. The fourth-order valence-electron chi connectivity index (χ4n) is 1.63. The summed E-state index contributed by atoms with van der Waals surface area (Å²) in [6.45, 7) is 3.99. The van der Waals surface area contributed by atoms with Gasteiger partial charge in [-0.2, -0.15) is 0 Å². The normalized spacial score (nSPS) is 10.9. The van der Waals surface area contributed by atoms with Gasteiger partial charge >= 0.3 is 0 Å². The molecule has 0 spiro atoms. The lowest BCUT2D eigenvalue weighted by molar-refractivity contribution is 0.803. The molecule has 0 saturated heterocycles. The first-order valence-electron chi connectivity index (χ1n) is 5.54. The molecule has 94 valence electrons. The van der Waals surface area contributed by atoms with Crippen molar-refractivity contribution < 1.29 is 0 Å². The van der Waals surface area contributed by atoms with E-state index in [9.17, 15) is 4.79 Å². The Hall–Kier alpha value is -1.13. The molecule has 0 aliphatic carbocycles. The highest BCUT2D eigenvalue weighted by Gasteiger charge is 2.13. The van der Waals surface area contributed by atoms with Gasteiger partial charge in [0.05, 0.1) is 5.69 Å². The van der Waals surface area contributed by atoms with Crippen LogP contribution in [0.4, 0.5) is 0 Å². The van der Waals surface area contributed by atoms with Crippen molar-refractivity contribution >= 4 is 27.5 Å². The monoisotopic (exact) mass is 326 g/mol. The molecule has 0 saturated carbocycles. The van der Waals surface area contributed by atoms with Gasteiger partial charge in [-0.1, -0.05) is 37.6 Å². The zero-order valence-electron chi connectivity index (χ0n) is 10.00. The number of aromatic amines is 1. The van der Waals surface area contributed by atoms with Crippen molar-refractivity contribution in [2.75, 3.05) is 0 Å². The van der Waals surface area contributed by atoms with Crippen LogP contribution in [-0.2, 0) is 0 Å². The van der Waals surface area contributed by atoms with Gasteiger partial charge in [0, 0.05) is 10.6 Å². The highest BCUT2D eigenvalue weighted by Crippen LogP contribution is 2.23. The molecule has 3 nitrogen and oxygen atoms in total. The van der Waals surface area contributed by atoms with Crippen LogP contribution in [0.25, 0.3) is 11.4 Å². The van der Waals surface area contributed by atoms with Crippen molar-refractivity contribution in [2.45, 2.75) is 19.8 Å². The van der Waals surface area contributed by atoms with E-state index in [0.29, 0.717) is 15.3 Å². The second-order valence-electron chi connectivity index (χ2n) is 4.28. The third-order valence-electron chi connectivity index (χ3n) is 2.53. The van der Waals surface area contributed by atoms with Gasteiger partial charge in [0.1, 0.15) is 10.3 Å². The third-order valence-corrected chi connectivity index (χ3v) is 3.53. The lowest BCUT2D eigenvalue weighted by Gasteiger charge is -2.09. The van der Waals surface area contributed by atoms with Gasteiger partial charge in [-0.25, -0.2) is 4.98 Å². The quantitative estimate of drug-likeness (QED) is 0.907. The van der Waals surface area contributed by atoms with Crippen molar-refractivity contribution in [1.82, 2.24) is 9.97 Å². The first-order valence-corrected chi connectivity index (χ1v) is 6.72. The average molecular weight is 328 g/mol. The molecule has 0 aliphatic rings. The van der Waals surface area contributed by atoms with Crippen LogP contribution in [0.1, 0.15) is 25.5 Å². The van der Waals surface area contributed by atoms with E-state index in [1.165, 1.54) is 0 Å². The Morgan fingerprint density at radius 1 is 1.39 bits per heavy atom. The molecular weight excluding hydrogens is 316 g/mol. The summed E-state index contributed by atoms with van der Waals surface area (Å²) in [5, 5.41) is 0.615. The van der Waals surface area contributed by atoms with Crippen molar-refractivity contribution in [3.8, 4) is 11.4 Å². The fourth-order valence-corrected chi connectivity index (χ4v) is 2.47. The van der Waals surface area contributed by atoms with Gasteiger partial charge in [-0.05, 0) is 34.0 Å². The smallest absolute Gasteiger partial charge is 0.265 e. The molecule has 2 aromatic rings. The summed E-state index contributed by atoms with van der Waals surface area (Å²) in [5.41, 5.74) is 1.37. The molecule has 0 fully saturated rings. The van der Waals surface area contributed by atoms with Crippen LogP contribution in [0.2, 0.25) is 5.02 Å². The van der Waals surface area contributed by atoms with E-state index in [1.54, 1.807) is 12.1 Å². The predicted octanol–water partition coefficient (Wildman–Crippen LogP) is 3.98. The molecular formula is C13H12BrClN2O. The second-order valence-corrected chi connectivity index (χ2v) is 5.51. The summed E-state index contributed by atoms with van der Waals surface area (Å²) in [5.74, 6) is 0.703. The number of benzene rings is 1. The lowest BCUT2D eigenvalue weighted by Crippen LogP contribution is -2.14. The van der Waals surface area contributed by atoms with E-state index in [2.05, 4.69) is 25.9 Å². The van der Waals surface area contributed by atoms with Crippen LogP contribution >= 0.6 is 27.5 Å². The summed E-state index contributed by atoms with van der Waals surface area (Å²) in [6.07, 6.45) is 0. The highest BCUT2D eigenvalue weighted by atomic mass is 79.9. The number of nitrogens with one attached hydrogen (secondary N) is 1. The Balaban J connectivity index is 2.63. The molecule has 1 heterocycles. The van der Waals surface area contributed by atoms with Crippen LogP contribution in [0.3, 0.4) is 0 Å². The summed E-state index contributed by atoms with van der Waals surface area (Å²) >= 11 is 9.21. The topological polar surface area (TPSA) is 45.8 Å². The van der Waals surface area contributed by atoms with E-state index in [1.807, 2.05) is 26.0 Å². The standard InChI is InChI=1S/C13H12BrClN2O/c1-7(2)11-10(14)13(18)17-12(16-11)8-4-3-5-9(15)6-8/h3-7H,1-2H3,(H,16,17,18). The molecule has 0 atom stereocenters. The zero-order chi connectivity index (χ0) is 13.3. The van der Waals surface area contributed by atoms with Crippen molar-refractivity contribution in [2.24, 2.45) is 0 Å². The van der Waals surface area contributed by atoms with Crippen molar-refractivity contribution in [3.05, 3.63) is 49.8 Å². The van der Waals surface area contributed by atoms with E-state index < -0.39 is 0 Å². The summed E-state index contributed by atoms with van der Waals surface area (Å²) in [4.78, 5) is 19.1. The number of aromatic nitrogens is 2. The SMILES string of the molecule is CC(C)c1nc(-c2cccc(Cl)c2)[nH]c(=O)c1Br. The maximum atomic E-state index is 11.8. The molecule has 0 amide bonds. The van der Waals surface area contributed by atoms with Gasteiger partial charge < -0.3 is 4.98 Å². The van der Waals surface area contributed by atoms with E-state index in [-0.39, 0.29) is 11.5 Å². The molecule has 5 heteroatoms. The number of hydrogen-bond acceptors (Lipinski definition) is 2. The first kappa shape index (κ1) is 13.3. The minimum absolute atomic E-state index is 0.166. The van der Waals surface area contributed by atoms with Gasteiger partial charge in [0.2, 0.25) is 0 Å². The van der Waals surface area contributed by atoms with Gasteiger partial charge in [-0.15, -0.1) is 0 Å². The number of nitrogens with zero attached hydrogens (tertiary/aromatic N) is 1. The maximum Gasteiger partial charge on any atom is 0.265 e. The van der Waals surface area contributed by atoms with Gasteiger partial charge in [0.15, 0.2) is 0 Å². The van der Waals surface area contributed by atoms with Gasteiger partial charge in [0.25, 0.3) is 5.56 Å². The number of hydrogen-bond donors (Lipinski definition) is 1. The van der Waals surface area contributed by atoms with Crippen LogP contribution in [0.5, 0.6) is 0 Å². The molecule has 2 rings (SSSR count). The Kier molecular flexibility index (Phi) is 3.88. The Morgan fingerprint density at radius 2 is 2.11 bits per heavy atom. The Bertz CT molecular complexity index is 637. The molecule has 18 heavy (non-hydrogen) atoms. The minimum Gasteiger partial charge on any atom is -0.306 e. The Morgan fingerprint density at radius 3 is 2.72 bits per heavy atom. The zero-order valence-corrected chi connectivity index (χ0v) is 12.3. The molecule has 0 bridgehead atoms. The Labute approximate surface area is 118 Å². The molecule has 0 unspecified atom stereocenters.